The van der Waals surface area contributed by atoms with E-state index >= 15 is 0 Å². The zero-order chi connectivity index (χ0) is 10.4. The molecular formula is C11H16N2O. The lowest BCUT2D eigenvalue weighted by molar-refractivity contribution is -0.130. The normalized spacial score (nSPS) is 9.86. The van der Waals surface area contributed by atoms with Crippen molar-refractivity contribution < 1.29 is 4.79 Å². The van der Waals surface area contributed by atoms with Crippen LogP contribution in [0.25, 0.3) is 0 Å². The van der Waals surface area contributed by atoms with Gasteiger partial charge in [-0.15, -0.1) is 0 Å². The molecule has 2 N–H and O–H groups in total. The van der Waals surface area contributed by atoms with Crippen LogP contribution in [-0.4, -0.2) is 17.5 Å². The van der Waals surface area contributed by atoms with Crippen molar-refractivity contribution >= 4 is 5.91 Å². The standard InChI is InChI=1S/C11H16N2O/c1-2-8-13(12)11(14)9-10-6-4-3-5-7-10/h3-7H,2,8-9,12H2,1H3. The fourth-order valence-corrected chi connectivity index (χ4v) is 1.24. The van der Waals surface area contributed by atoms with E-state index in [9.17, 15) is 4.79 Å². The van der Waals surface area contributed by atoms with Gasteiger partial charge >= 0.3 is 0 Å². The van der Waals surface area contributed by atoms with Crippen molar-refractivity contribution in [2.45, 2.75) is 19.8 Å². The Kier molecular flexibility index (Phi) is 4.13. The number of nitrogens with zero attached hydrogens (tertiary/aromatic N) is 1. The number of carbonyl (C=O) groups excluding carboxylic acids is 1. The van der Waals surface area contributed by atoms with E-state index in [1.165, 1.54) is 5.01 Å². The molecule has 0 aliphatic carbocycles. The molecule has 3 nitrogen and oxygen atoms in total. The first-order valence-electron chi connectivity index (χ1n) is 4.83. The van der Waals surface area contributed by atoms with Gasteiger partial charge in [0.25, 0.3) is 0 Å². The van der Waals surface area contributed by atoms with E-state index in [0.29, 0.717) is 13.0 Å². The van der Waals surface area contributed by atoms with E-state index < -0.39 is 0 Å². The number of carbonyl (C=O) groups is 1. The minimum Gasteiger partial charge on any atom is -0.280 e. The van der Waals surface area contributed by atoms with Gasteiger partial charge in [-0.3, -0.25) is 9.80 Å². The van der Waals surface area contributed by atoms with E-state index in [0.717, 1.165) is 12.0 Å². The third-order valence-electron chi connectivity index (χ3n) is 1.98. The van der Waals surface area contributed by atoms with Crippen LogP contribution in [0.5, 0.6) is 0 Å². The van der Waals surface area contributed by atoms with Crippen molar-refractivity contribution in [3.05, 3.63) is 35.9 Å². The minimum absolute atomic E-state index is 0.0296. The van der Waals surface area contributed by atoms with E-state index in [2.05, 4.69) is 0 Å². The summed E-state index contributed by atoms with van der Waals surface area (Å²) in [4.78, 5) is 11.5. The van der Waals surface area contributed by atoms with Crippen LogP contribution in [0, 0.1) is 0 Å². The molecule has 1 aromatic rings. The second-order valence-corrected chi connectivity index (χ2v) is 3.25. The van der Waals surface area contributed by atoms with Crippen LogP contribution in [0.1, 0.15) is 18.9 Å². The first-order valence-corrected chi connectivity index (χ1v) is 4.83. The van der Waals surface area contributed by atoms with Gasteiger partial charge in [0.05, 0.1) is 6.42 Å². The number of hydrogen-bond acceptors (Lipinski definition) is 2. The largest absolute Gasteiger partial charge is 0.280 e. The molecule has 1 amide bonds. The van der Waals surface area contributed by atoms with Crippen LogP contribution in [0.2, 0.25) is 0 Å². The lowest BCUT2D eigenvalue weighted by atomic mass is 10.1. The molecule has 0 aromatic heterocycles. The van der Waals surface area contributed by atoms with Gasteiger partial charge in [0, 0.05) is 6.54 Å². The molecule has 1 rings (SSSR count). The Bertz CT molecular complexity index is 285. The smallest absolute Gasteiger partial charge is 0.240 e. The molecule has 0 aliphatic rings. The van der Waals surface area contributed by atoms with Crippen molar-refractivity contribution in [2.24, 2.45) is 5.84 Å². The molecule has 3 heteroatoms. The van der Waals surface area contributed by atoms with Crippen molar-refractivity contribution in [3.8, 4) is 0 Å². The number of hydrogen-bond donors (Lipinski definition) is 1. The summed E-state index contributed by atoms with van der Waals surface area (Å²) in [6.45, 7) is 2.61. The molecule has 14 heavy (non-hydrogen) atoms. The summed E-state index contributed by atoms with van der Waals surface area (Å²) < 4.78 is 0. The van der Waals surface area contributed by atoms with Crippen LogP contribution in [-0.2, 0) is 11.2 Å². The topological polar surface area (TPSA) is 46.3 Å². The molecule has 76 valence electrons. The summed E-state index contributed by atoms with van der Waals surface area (Å²) >= 11 is 0. The summed E-state index contributed by atoms with van der Waals surface area (Å²) in [6, 6.07) is 9.63. The highest BCUT2D eigenvalue weighted by Gasteiger charge is 2.08. The third-order valence-corrected chi connectivity index (χ3v) is 1.98. The highest BCUT2D eigenvalue weighted by molar-refractivity contribution is 5.78. The Morgan fingerprint density at radius 1 is 1.36 bits per heavy atom. The second kappa shape index (κ2) is 5.40. The lowest BCUT2D eigenvalue weighted by Gasteiger charge is -2.15. The van der Waals surface area contributed by atoms with E-state index in [-0.39, 0.29) is 5.91 Å². The van der Waals surface area contributed by atoms with Gasteiger partial charge in [0.2, 0.25) is 5.91 Å². The molecule has 0 unspecified atom stereocenters. The average Bonchev–Trinajstić information content (AvgIpc) is 2.19. The van der Waals surface area contributed by atoms with Gasteiger partial charge in [-0.1, -0.05) is 37.3 Å². The van der Waals surface area contributed by atoms with Gasteiger partial charge in [0.1, 0.15) is 0 Å². The predicted molar refractivity (Wildman–Crippen MR) is 56.3 cm³/mol. The van der Waals surface area contributed by atoms with Crippen LogP contribution in [0.3, 0.4) is 0 Å². The van der Waals surface area contributed by atoms with Crippen molar-refractivity contribution in [3.63, 3.8) is 0 Å². The number of nitrogens with two attached hydrogens (primary N) is 1. The molecule has 0 bridgehead atoms. The Morgan fingerprint density at radius 2 is 2.00 bits per heavy atom. The number of hydrazine groups is 1. The van der Waals surface area contributed by atoms with E-state index in [1.807, 2.05) is 37.3 Å². The first-order chi connectivity index (χ1) is 6.74. The number of rotatable bonds is 4. The molecule has 0 atom stereocenters. The lowest BCUT2D eigenvalue weighted by Crippen LogP contribution is -2.38. The van der Waals surface area contributed by atoms with Gasteiger partial charge in [-0.2, -0.15) is 0 Å². The predicted octanol–water partition coefficient (Wildman–Crippen LogP) is 1.34. The monoisotopic (exact) mass is 192 g/mol. The summed E-state index contributed by atoms with van der Waals surface area (Å²) in [5, 5.41) is 1.28. The van der Waals surface area contributed by atoms with Crippen LogP contribution in [0.15, 0.2) is 30.3 Å². The molecule has 0 saturated heterocycles. The molecule has 0 saturated carbocycles. The number of amides is 1. The SMILES string of the molecule is CCCN(N)C(=O)Cc1ccccc1. The van der Waals surface area contributed by atoms with Gasteiger partial charge in [-0.25, -0.2) is 5.84 Å². The van der Waals surface area contributed by atoms with Crippen molar-refractivity contribution in [2.75, 3.05) is 6.54 Å². The Balaban J connectivity index is 2.49. The molecule has 1 aromatic carbocycles. The maximum atomic E-state index is 11.5. The Labute approximate surface area is 84.5 Å². The van der Waals surface area contributed by atoms with Gasteiger partial charge in [0.15, 0.2) is 0 Å². The van der Waals surface area contributed by atoms with E-state index in [1.54, 1.807) is 0 Å². The van der Waals surface area contributed by atoms with Gasteiger partial charge < -0.3 is 0 Å². The molecular weight excluding hydrogens is 176 g/mol. The fourth-order valence-electron chi connectivity index (χ4n) is 1.24. The average molecular weight is 192 g/mol. The van der Waals surface area contributed by atoms with E-state index in [4.69, 9.17) is 5.84 Å². The summed E-state index contributed by atoms with van der Waals surface area (Å²) in [5.41, 5.74) is 1.00. The molecule has 0 heterocycles. The zero-order valence-corrected chi connectivity index (χ0v) is 8.44. The van der Waals surface area contributed by atoms with Gasteiger partial charge in [-0.05, 0) is 12.0 Å². The van der Waals surface area contributed by atoms with Crippen LogP contribution in [0.4, 0.5) is 0 Å². The second-order valence-electron chi connectivity index (χ2n) is 3.25. The fraction of sp³-hybridized carbons (Fsp3) is 0.364. The zero-order valence-electron chi connectivity index (χ0n) is 8.44. The van der Waals surface area contributed by atoms with Crippen molar-refractivity contribution in [1.82, 2.24) is 5.01 Å². The third kappa shape index (κ3) is 3.18. The van der Waals surface area contributed by atoms with Crippen LogP contribution >= 0.6 is 0 Å². The summed E-state index contributed by atoms with van der Waals surface area (Å²) in [7, 11) is 0. The Morgan fingerprint density at radius 3 is 2.57 bits per heavy atom. The quantitative estimate of drug-likeness (QED) is 0.444. The maximum Gasteiger partial charge on any atom is 0.240 e. The maximum absolute atomic E-state index is 11.5. The number of benzene rings is 1. The molecule has 0 fully saturated rings. The minimum atomic E-state index is -0.0296. The first kappa shape index (κ1) is 10.7. The molecule has 0 aliphatic heterocycles. The van der Waals surface area contributed by atoms with Crippen molar-refractivity contribution in [1.29, 1.82) is 0 Å². The van der Waals surface area contributed by atoms with Crippen LogP contribution < -0.4 is 5.84 Å². The molecule has 0 radical (unpaired) electrons. The highest BCUT2D eigenvalue weighted by Crippen LogP contribution is 2.01. The molecule has 0 spiro atoms. The summed E-state index contributed by atoms with van der Waals surface area (Å²) in [6.07, 6.45) is 1.27. The summed E-state index contributed by atoms with van der Waals surface area (Å²) in [5.74, 6) is 5.53. The Hall–Kier alpha value is -1.35. The highest BCUT2D eigenvalue weighted by atomic mass is 16.2.